The van der Waals surface area contributed by atoms with Gasteiger partial charge >= 0.3 is 0 Å². The lowest BCUT2D eigenvalue weighted by molar-refractivity contribution is 0.352. The molecule has 0 spiro atoms. The van der Waals surface area contributed by atoms with Gasteiger partial charge in [-0.1, -0.05) is 6.42 Å². The molecule has 2 heteroatoms. The van der Waals surface area contributed by atoms with E-state index >= 15 is 0 Å². The zero-order chi connectivity index (χ0) is 6.04. The fourth-order valence-electron chi connectivity index (χ4n) is 1.05. The molecule has 0 bridgehead atoms. The summed E-state index contributed by atoms with van der Waals surface area (Å²) in [6.07, 6.45) is 6.38. The van der Waals surface area contributed by atoms with Crippen LogP contribution in [0, 0.1) is 6.42 Å². The van der Waals surface area contributed by atoms with Crippen molar-refractivity contribution >= 4 is 0 Å². The van der Waals surface area contributed by atoms with E-state index in [1.165, 1.54) is 6.42 Å². The van der Waals surface area contributed by atoms with Gasteiger partial charge in [-0.05, 0) is 25.7 Å². The summed E-state index contributed by atoms with van der Waals surface area (Å²) in [7, 11) is 0. The lowest BCUT2D eigenvalue weighted by atomic mass is 9.91. The number of hydrogen-bond donors (Lipinski definition) is 2. The minimum Gasteiger partial charge on any atom is -0.313 e. The summed E-state index contributed by atoms with van der Waals surface area (Å²) in [5.41, 5.74) is 10.9. The lowest BCUT2D eigenvalue weighted by Gasteiger charge is -2.28. The molecule has 1 rings (SSSR count). The minimum absolute atomic E-state index is 0.377. The molecule has 0 amide bonds. The summed E-state index contributed by atoms with van der Waals surface area (Å²) >= 11 is 0. The predicted molar refractivity (Wildman–Crippen MR) is 33.9 cm³/mol. The molecular weight excluding hydrogens is 100 g/mol. The van der Waals surface area contributed by atoms with Gasteiger partial charge in [-0.25, -0.2) is 0 Å². The quantitative estimate of drug-likeness (QED) is 0.446. The molecule has 1 saturated carbocycles. The number of hydrogen-bond acceptors (Lipinski definition) is 2. The van der Waals surface area contributed by atoms with Gasteiger partial charge in [0, 0.05) is 0 Å². The molecule has 0 unspecified atom stereocenters. The van der Waals surface area contributed by atoms with Crippen LogP contribution in [0.1, 0.15) is 25.7 Å². The molecule has 8 heavy (non-hydrogen) atoms. The smallest absolute Gasteiger partial charge is 0.0639 e. The molecule has 1 aliphatic carbocycles. The Morgan fingerprint density at radius 2 is 2.12 bits per heavy atom. The number of rotatable bonds is 0. The first kappa shape index (κ1) is 6.05. The average molecular weight is 113 g/mol. The monoisotopic (exact) mass is 113 g/mol. The summed E-state index contributed by atoms with van der Waals surface area (Å²) in [6.45, 7) is 0. The molecule has 0 aromatic carbocycles. The first-order chi connectivity index (χ1) is 3.71. The molecule has 1 aliphatic rings. The van der Waals surface area contributed by atoms with Crippen LogP contribution in [0.3, 0.4) is 0 Å². The first-order valence-corrected chi connectivity index (χ1v) is 3.10. The summed E-state index contributed by atoms with van der Waals surface area (Å²) in [5, 5.41) is 0. The first-order valence-electron chi connectivity index (χ1n) is 3.10. The van der Waals surface area contributed by atoms with Crippen molar-refractivity contribution in [2.24, 2.45) is 11.5 Å². The maximum Gasteiger partial charge on any atom is 0.0639 e. The minimum atomic E-state index is -0.377. The molecule has 0 aliphatic heterocycles. The molecule has 0 atom stereocenters. The maximum atomic E-state index is 5.62. The molecule has 1 radical (unpaired) electrons. The summed E-state index contributed by atoms with van der Waals surface area (Å²) < 4.78 is 0. The Hall–Kier alpha value is -0.0800. The Bertz CT molecular complexity index is 70.6. The Labute approximate surface area is 50.2 Å². The van der Waals surface area contributed by atoms with E-state index in [0.29, 0.717) is 0 Å². The van der Waals surface area contributed by atoms with Crippen LogP contribution in [0.25, 0.3) is 0 Å². The molecular formula is C6H13N2. The van der Waals surface area contributed by atoms with Crippen molar-refractivity contribution in [3.63, 3.8) is 0 Å². The van der Waals surface area contributed by atoms with Gasteiger partial charge in [0.1, 0.15) is 0 Å². The van der Waals surface area contributed by atoms with E-state index < -0.39 is 0 Å². The predicted octanol–water partition coefficient (Wildman–Crippen LogP) is 0.378. The molecule has 0 aromatic heterocycles. The van der Waals surface area contributed by atoms with Crippen molar-refractivity contribution in [2.45, 2.75) is 31.3 Å². The van der Waals surface area contributed by atoms with Crippen LogP contribution >= 0.6 is 0 Å². The highest BCUT2D eigenvalue weighted by molar-refractivity contribution is 4.88. The molecule has 0 aromatic rings. The zero-order valence-corrected chi connectivity index (χ0v) is 5.06. The van der Waals surface area contributed by atoms with Gasteiger partial charge in [0.2, 0.25) is 0 Å². The average Bonchev–Trinajstić information content (AvgIpc) is 1.65. The highest BCUT2D eigenvalue weighted by Gasteiger charge is 2.21. The van der Waals surface area contributed by atoms with Crippen LogP contribution < -0.4 is 11.5 Å². The lowest BCUT2D eigenvalue weighted by Crippen LogP contribution is -2.50. The van der Waals surface area contributed by atoms with E-state index in [1.54, 1.807) is 0 Å². The molecule has 47 valence electrons. The van der Waals surface area contributed by atoms with E-state index in [-0.39, 0.29) is 5.66 Å². The van der Waals surface area contributed by atoms with Gasteiger partial charge in [-0.15, -0.1) is 0 Å². The number of nitrogens with two attached hydrogens (primary N) is 2. The second-order valence-electron chi connectivity index (χ2n) is 2.62. The second kappa shape index (κ2) is 2.03. The van der Waals surface area contributed by atoms with E-state index in [0.717, 1.165) is 19.3 Å². The fourth-order valence-corrected chi connectivity index (χ4v) is 1.05. The van der Waals surface area contributed by atoms with Gasteiger partial charge < -0.3 is 11.5 Å². The van der Waals surface area contributed by atoms with Crippen LogP contribution in [0.15, 0.2) is 0 Å². The summed E-state index contributed by atoms with van der Waals surface area (Å²) in [5.74, 6) is 0. The standard InChI is InChI=1S/C6H13N2/c7-6(8)4-2-1-3-5-6/h2H,1,3-5,7-8H2. The van der Waals surface area contributed by atoms with Crippen molar-refractivity contribution in [1.29, 1.82) is 0 Å². The summed E-state index contributed by atoms with van der Waals surface area (Å²) in [6, 6.07) is 0. The Kier molecular flexibility index (Phi) is 1.54. The van der Waals surface area contributed by atoms with Crippen molar-refractivity contribution in [3.8, 4) is 0 Å². The summed E-state index contributed by atoms with van der Waals surface area (Å²) in [4.78, 5) is 0. The SMILES string of the molecule is NC1(N)C[CH]CCC1. The van der Waals surface area contributed by atoms with Crippen molar-refractivity contribution in [2.75, 3.05) is 0 Å². The largest absolute Gasteiger partial charge is 0.313 e. The van der Waals surface area contributed by atoms with Crippen LogP contribution in [0.4, 0.5) is 0 Å². The third kappa shape index (κ3) is 1.46. The highest BCUT2D eigenvalue weighted by Crippen LogP contribution is 2.19. The van der Waals surface area contributed by atoms with E-state index in [9.17, 15) is 0 Å². The Morgan fingerprint density at radius 3 is 2.38 bits per heavy atom. The van der Waals surface area contributed by atoms with Gasteiger partial charge in [0.15, 0.2) is 0 Å². The van der Waals surface area contributed by atoms with Crippen LogP contribution in [-0.2, 0) is 0 Å². The molecule has 4 N–H and O–H groups in total. The van der Waals surface area contributed by atoms with Gasteiger partial charge in [0.25, 0.3) is 0 Å². The zero-order valence-electron chi connectivity index (χ0n) is 5.06. The highest BCUT2D eigenvalue weighted by atomic mass is 14.9. The van der Waals surface area contributed by atoms with Crippen LogP contribution in [0.2, 0.25) is 0 Å². The topological polar surface area (TPSA) is 52.0 Å². The molecule has 0 saturated heterocycles. The maximum absolute atomic E-state index is 5.62. The Morgan fingerprint density at radius 1 is 1.38 bits per heavy atom. The fraction of sp³-hybridized carbons (Fsp3) is 0.833. The van der Waals surface area contributed by atoms with Gasteiger partial charge in [-0.2, -0.15) is 0 Å². The molecule has 1 fully saturated rings. The third-order valence-corrected chi connectivity index (χ3v) is 1.57. The Balaban J connectivity index is 2.33. The van der Waals surface area contributed by atoms with Crippen molar-refractivity contribution in [3.05, 3.63) is 6.42 Å². The van der Waals surface area contributed by atoms with Crippen LogP contribution in [0.5, 0.6) is 0 Å². The van der Waals surface area contributed by atoms with Crippen LogP contribution in [-0.4, -0.2) is 5.66 Å². The van der Waals surface area contributed by atoms with E-state index in [4.69, 9.17) is 11.5 Å². The van der Waals surface area contributed by atoms with Crippen molar-refractivity contribution in [1.82, 2.24) is 0 Å². The second-order valence-corrected chi connectivity index (χ2v) is 2.62. The molecule has 0 heterocycles. The molecule has 2 nitrogen and oxygen atoms in total. The normalized spacial score (nSPS) is 27.8. The van der Waals surface area contributed by atoms with E-state index in [2.05, 4.69) is 6.42 Å². The van der Waals surface area contributed by atoms with Crippen molar-refractivity contribution < 1.29 is 0 Å². The van der Waals surface area contributed by atoms with Gasteiger partial charge in [0.05, 0.1) is 5.66 Å². The third-order valence-electron chi connectivity index (χ3n) is 1.57. The van der Waals surface area contributed by atoms with E-state index in [1.807, 2.05) is 0 Å². The van der Waals surface area contributed by atoms with Gasteiger partial charge in [-0.3, -0.25) is 0 Å².